The van der Waals surface area contributed by atoms with Crippen LogP contribution in [0.25, 0.3) is 0 Å². The van der Waals surface area contributed by atoms with E-state index >= 15 is 0 Å². The smallest absolute Gasteiger partial charge is 0.233 e. The number of methoxy groups -OCH3 is 1. The van der Waals surface area contributed by atoms with Crippen molar-refractivity contribution in [2.24, 2.45) is 0 Å². The molecule has 5 nitrogen and oxygen atoms in total. The minimum absolute atomic E-state index is 0.203. The van der Waals surface area contributed by atoms with E-state index in [0.717, 1.165) is 4.47 Å². The first kappa shape index (κ1) is 14.7. The Morgan fingerprint density at radius 3 is 2.67 bits per heavy atom. The Hall–Kier alpha value is -1.40. The summed E-state index contributed by atoms with van der Waals surface area (Å²) in [6.07, 6.45) is -0.203. The van der Waals surface area contributed by atoms with Crippen molar-refractivity contribution < 1.29 is 14.3 Å². The summed E-state index contributed by atoms with van der Waals surface area (Å²) in [6, 6.07) is 7.22. The number of nitrogens with one attached hydrogen (secondary N) is 2. The molecule has 0 saturated heterocycles. The lowest BCUT2D eigenvalue weighted by atomic mass is 10.3. The Balaban J connectivity index is 2.38. The molecule has 0 saturated carbocycles. The second-order valence-electron chi connectivity index (χ2n) is 3.55. The number of rotatable bonds is 6. The molecule has 1 rings (SSSR count). The van der Waals surface area contributed by atoms with Gasteiger partial charge in [-0.15, -0.1) is 0 Å². The van der Waals surface area contributed by atoms with Gasteiger partial charge in [-0.1, -0.05) is 12.1 Å². The standard InChI is InChI=1S/C12H15BrN2O3/c1-18-7-6-14-11(16)8-12(17)15-10-5-3-2-4-9(10)13/h2-5H,6-8H2,1H3,(H,14,16)(H,15,17). The summed E-state index contributed by atoms with van der Waals surface area (Å²) in [4.78, 5) is 22.9. The molecule has 2 amide bonds. The van der Waals surface area contributed by atoms with Crippen molar-refractivity contribution in [3.8, 4) is 0 Å². The third-order valence-corrected chi connectivity index (χ3v) is 2.79. The van der Waals surface area contributed by atoms with Crippen LogP contribution in [0.15, 0.2) is 28.7 Å². The maximum atomic E-state index is 11.6. The molecule has 0 aromatic heterocycles. The van der Waals surface area contributed by atoms with E-state index in [1.165, 1.54) is 0 Å². The first-order chi connectivity index (χ1) is 8.63. The normalized spacial score (nSPS) is 9.89. The van der Waals surface area contributed by atoms with Crippen LogP contribution in [0.5, 0.6) is 0 Å². The molecule has 0 radical (unpaired) electrons. The van der Waals surface area contributed by atoms with Crippen LogP contribution in [0.4, 0.5) is 5.69 Å². The molecule has 98 valence electrons. The zero-order valence-corrected chi connectivity index (χ0v) is 11.6. The topological polar surface area (TPSA) is 67.4 Å². The third-order valence-electron chi connectivity index (χ3n) is 2.10. The van der Waals surface area contributed by atoms with Crippen molar-refractivity contribution in [1.82, 2.24) is 5.32 Å². The second kappa shape index (κ2) is 7.84. The highest BCUT2D eigenvalue weighted by atomic mass is 79.9. The van der Waals surface area contributed by atoms with E-state index in [2.05, 4.69) is 26.6 Å². The predicted molar refractivity (Wildman–Crippen MR) is 72.3 cm³/mol. The number of hydrogen-bond donors (Lipinski definition) is 2. The van der Waals surface area contributed by atoms with E-state index in [-0.39, 0.29) is 18.2 Å². The van der Waals surface area contributed by atoms with Crippen molar-refractivity contribution in [3.63, 3.8) is 0 Å². The van der Waals surface area contributed by atoms with Crippen LogP contribution >= 0.6 is 15.9 Å². The van der Waals surface area contributed by atoms with Gasteiger partial charge >= 0.3 is 0 Å². The lowest BCUT2D eigenvalue weighted by Gasteiger charge is -2.07. The summed E-state index contributed by atoms with van der Waals surface area (Å²) in [5.74, 6) is -0.673. The van der Waals surface area contributed by atoms with Crippen LogP contribution in [-0.4, -0.2) is 32.1 Å². The third kappa shape index (κ3) is 5.29. The lowest BCUT2D eigenvalue weighted by molar-refractivity contribution is -0.126. The van der Waals surface area contributed by atoms with E-state index in [1.54, 1.807) is 19.2 Å². The average molecular weight is 315 g/mol. The highest BCUT2D eigenvalue weighted by Gasteiger charge is 2.10. The van der Waals surface area contributed by atoms with E-state index in [4.69, 9.17) is 4.74 Å². The fourth-order valence-corrected chi connectivity index (χ4v) is 1.64. The molecule has 2 N–H and O–H groups in total. The maximum Gasteiger partial charge on any atom is 0.233 e. The fourth-order valence-electron chi connectivity index (χ4n) is 1.26. The van der Waals surface area contributed by atoms with Crippen LogP contribution in [0, 0.1) is 0 Å². The first-order valence-corrected chi connectivity index (χ1v) is 6.23. The number of benzene rings is 1. The number of halogens is 1. The number of hydrogen-bond acceptors (Lipinski definition) is 3. The van der Waals surface area contributed by atoms with Gasteiger partial charge in [-0.25, -0.2) is 0 Å². The average Bonchev–Trinajstić information content (AvgIpc) is 2.32. The van der Waals surface area contributed by atoms with Gasteiger partial charge < -0.3 is 15.4 Å². The van der Waals surface area contributed by atoms with Crippen molar-refractivity contribution in [2.45, 2.75) is 6.42 Å². The van der Waals surface area contributed by atoms with E-state index in [1.807, 2.05) is 12.1 Å². The van der Waals surface area contributed by atoms with Gasteiger partial charge in [0.2, 0.25) is 11.8 Å². The Labute approximate surface area is 114 Å². The van der Waals surface area contributed by atoms with Gasteiger partial charge in [0.05, 0.1) is 12.3 Å². The van der Waals surface area contributed by atoms with Crippen molar-refractivity contribution in [1.29, 1.82) is 0 Å². The van der Waals surface area contributed by atoms with Crippen LogP contribution in [0.2, 0.25) is 0 Å². The van der Waals surface area contributed by atoms with Gasteiger partial charge in [-0.2, -0.15) is 0 Å². The Morgan fingerprint density at radius 1 is 1.28 bits per heavy atom. The molecule has 1 aromatic carbocycles. The molecule has 0 bridgehead atoms. The van der Waals surface area contributed by atoms with Gasteiger partial charge in [0.15, 0.2) is 0 Å². The van der Waals surface area contributed by atoms with Gasteiger partial charge in [-0.3, -0.25) is 9.59 Å². The summed E-state index contributed by atoms with van der Waals surface area (Å²) in [7, 11) is 1.55. The monoisotopic (exact) mass is 314 g/mol. The molecule has 0 atom stereocenters. The number of carbonyl (C=O) groups excluding carboxylic acids is 2. The van der Waals surface area contributed by atoms with Gasteiger partial charge in [0.1, 0.15) is 6.42 Å². The zero-order valence-electron chi connectivity index (χ0n) is 10.0. The van der Waals surface area contributed by atoms with Crippen LogP contribution in [0.1, 0.15) is 6.42 Å². The van der Waals surface area contributed by atoms with E-state index < -0.39 is 0 Å². The number of ether oxygens (including phenoxy) is 1. The minimum atomic E-state index is -0.350. The van der Waals surface area contributed by atoms with Crippen LogP contribution in [0.3, 0.4) is 0 Å². The molecular weight excluding hydrogens is 300 g/mol. The number of amides is 2. The quantitative estimate of drug-likeness (QED) is 0.618. The molecule has 18 heavy (non-hydrogen) atoms. The molecule has 0 aliphatic rings. The summed E-state index contributed by atoms with van der Waals surface area (Å²) in [6.45, 7) is 0.829. The van der Waals surface area contributed by atoms with Crippen molar-refractivity contribution in [2.75, 3.05) is 25.6 Å². The molecule has 1 aromatic rings. The van der Waals surface area contributed by atoms with Crippen LogP contribution in [-0.2, 0) is 14.3 Å². The molecular formula is C12H15BrN2O3. The second-order valence-corrected chi connectivity index (χ2v) is 4.40. The molecule has 0 aliphatic carbocycles. The lowest BCUT2D eigenvalue weighted by Crippen LogP contribution is -2.30. The van der Waals surface area contributed by atoms with Gasteiger partial charge in [0, 0.05) is 18.1 Å². The maximum absolute atomic E-state index is 11.6. The van der Waals surface area contributed by atoms with E-state index in [0.29, 0.717) is 18.8 Å². The summed E-state index contributed by atoms with van der Waals surface area (Å²) >= 11 is 3.31. The van der Waals surface area contributed by atoms with Gasteiger partial charge in [0.25, 0.3) is 0 Å². The number of anilines is 1. The molecule has 0 aliphatic heterocycles. The molecule has 0 fully saturated rings. The largest absolute Gasteiger partial charge is 0.383 e. The highest BCUT2D eigenvalue weighted by Crippen LogP contribution is 2.21. The van der Waals surface area contributed by atoms with Crippen molar-refractivity contribution in [3.05, 3.63) is 28.7 Å². The van der Waals surface area contributed by atoms with Crippen LogP contribution < -0.4 is 10.6 Å². The number of para-hydroxylation sites is 1. The summed E-state index contributed by atoms with van der Waals surface area (Å²) < 4.78 is 5.56. The fraction of sp³-hybridized carbons (Fsp3) is 0.333. The molecule has 0 unspecified atom stereocenters. The predicted octanol–water partition coefficient (Wildman–Crippen LogP) is 1.54. The zero-order chi connectivity index (χ0) is 13.4. The summed E-state index contributed by atoms with van der Waals surface area (Å²) in [5, 5.41) is 5.23. The Bertz CT molecular complexity index is 424. The molecule has 6 heteroatoms. The SMILES string of the molecule is COCCNC(=O)CC(=O)Nc1ccccc1Br. The van der Waals surface area contributed by atoms with Crippen molar-refractivity contribution >= 4 is 33.4 Å². The Morgan fingerprint density at radius 2 is 2.00 bits per heavy atom. The highest BCUT2D eigenvalue weighted by molar-refractivity contribution is 9.10. The Kier molecular flexibility index (Phi) is 6.38. The summed E-state index contributed by atoms with van der Waals surface area (Å²) in [5.41, 5.74) is 0.646. The molecule has 0 heterocycles. The minimum Gasteiger partial charge on any atom is -0.383 e. The van der Waals surface area contributed by atoms with Gasteiger partial charge in [-0.05, 0) is 28.1 Å². The molecule has 0 spiro atoms. The first-order valence-electron chi connectivity index (χ1n) is 5.43. The number of carbonyl (C=O) groups is 2. The van der Waals surface area contributed by atoms with E-state index in [9.17, 15) is 9.59 Å².